The molecule has 0 heterocycles. The van der Waals surface area contributed by atoms with E-state index in [0.29, 0.717) is 12.8 Å². The summed E-state index contributed by atoms with van der Waals surface area (Å²) in [6.07, 6.45) is 17.2. The molecule has 0 aromatic carbocycles. The van der Waals surface area contributed by atoms with Crippen molar-refractivity contribution in [3.8, 4) is 0 Å². The van der Waals surface area contributed by atoms with Crippen LogP contribution in [0.5, 0.6) is 0 Å². The Morgan fingerprint density at radius 2 is 1.25 bits per heavy atom. The van der Waals surface area contributed by atoms with Crippen LogP contribution in [0.15, 0.2) is 0 Å². The van der Waals surface area contributed by atoms with Crippen molar-refractivity contribution in [2.45, 2.75) is 121 Å². The zero-order valence-corrected chi connectivity index (χ0v) is 16.4. The first-order valence-corrected chi connectivity index (χ1v) is 10.6. The molecule has 0 radical (unpaired) electrons. The summed E-state index contributed by atoms with van der Waals surface area (Å²) in [7, 11) is 0. The molecule has 2 N–H and O–H groups in total. The van der Waals surface area contributed by atoms with Gasteiger partial charge in [0, 0.05) is 6.42 Å². The van der Waals surface area contributed by atoms with Crippen LogP contribution >= 0.6 is 11.6 Å². The van der Waals surface area contributed by atoms with Crippen LogP contribution in [0.4, 0.5) is 0 Å². The topological polar surface area (TPSA) is 57.5 Å². The molecule has 0 bridgehead atoms. The minimum absolute atomic E-state index is 0.110. The van der Waals surface area contributed by atoms with Crippen molar-refractivity contribution in [3.63, 3.8) is 0 Å². The molecule has 144 valence electrons. The molecule has 0 fully saturated rings. The number of carboxylic acid groups (broad SMARTS) is 1. The number of halogens is 1. The van der Waals surface area contributed by atoms with Crippen LogP contribution in [0, 0.1) is 0 Å². The van der Waals surface area contributed by atoms with E-state index in [2.05, 4.69) is 6.92 Å². The first kappa shape index (κ1) is 23.7. The Morgan fingerprint density at radius 1 is 0.792 bits per heavy atom. The van der Waals surface area contributed by atoms with Gasteiger partial charge in [0.25, 0.3) is 0 Å². The Morgan fingerprint density at radius 3 is 1.71 bits per heavy atom. The summed E-state index contributed by atoms with van der Waals surface area (Å²) in [5.41, 5.74) is 0. The van der Waals surface area contributed by atoms with Gasteiger partial charge in [-0.15, -0.1) is 11.6 Å². The summed E-state index contributed by atoms with van der Waals surface area (Å²) in [6.45, 7) is 2.26. The van der Waals surface area contributed by atoms with Gasteiger partial charge in [0.2, 0.25) is 0 Å². The van der Waals surface area contributed by atoms with Crippen molar-refractivity contribution >= 4 is 17.6 Å². The summed E-state index contributed by atoms with van der Waals surface area (Å²) < 4.78 is 0. The van der Waals surface area contributed by atoms with Crippen molar-refractivity contribution in [1.82, 2.24) is 0 Å². The molecule has 0 aliphatic carbocycles. The lowest BCUT2D eigenvalue weighted by molar-refractivity contribution is -0.137. The van der Waals surface area contributed by atoms with Gasteiger partial charge in [-0.3, -0.25) is 4.79 Å². The number of carbonyl (C=O) groups is 1. The Kier molecular flexibility index (Phi) is 17.3. The number of carboxylic acids is 1. The van der Waals surface area contributed by atoms with Crippen molar-refractivity contribution in [1.29, 1.82) is 0 Å². The van der Waals surface area contributed by atoms with Crippen molar-refractivity contribution in [2.75, 3.05) is 0 Å². The van der Waals surface area contributed by atoms with E-state index >= 15 is 0 Å². The molecule has 24 heavy (non-hydrogen) atoms. The molecule has 2 unspecified atom stereocenters. The highest BCUT2D eigenvalue weighted by molar-refractivity contribution is 6.21. The smallest absolute Gasteiger partial charge is 0.303 e. The van der Waals surface area contributed by atoms with Crippen LogP contribution in [0.25, 0.3) is 0 Å². The van der Waals surface area contributed by atoms with Gasteiger partial charge in [-0.05, 0) is 19.3 Å². The summed E-state index contributed by atoms with van der Waals surface area (Å²) >= 11 is 6.18. The molecular weight excluding hydrogens is 324 g/mol. The van der Waals surface area contributed by atoms with Crippen LogP contribution in [0.1, 0.15) is 110 Å². The number of aliphatic hydroxyl groups is 1. The van der Waals surface area contributed by atoms with Gasteiger partial charge in [-0.1, -0.05) is 84.0 Å². The van der Waals surface area contributed by atoms with E-state index in [4.69, 9.17) is 16.7 Å². The standard InChI is InChI=1S/C20H39ClO3/c1-2-3-4-5-6-7-8-9-10-11-12-13-15-18(21)19(22)16-14-17-20(23)24/h18-19,22H,2-17H2,1H3,(H,23,24). The summed E-state index contributed by atoms with van der Waals surface area (Å²) in [5, 5.41) is 18.2. The molecule has 0 spiro atoms. The molecule has 0 amide bonds. The predicted molar refractivity (Wildman–Crippen MR) is 103 cm³/mol. The van der Waals surface area contributed by atoms with Crippen LogP contribution in [-0.4, -0.2) is 27.7 Å². The maximum absolute atomic E-state index is 10.4. The molecule has 0 aliphatic rings. The second kappa shape index (κ2) is 17.5. The first-order valence-electron chi connectivity index (χ1n) is 10.1. The largest absolute Gasteiger partial charge is 0.481 e. The first-order chi connectivity index (χ1) is 11.6. The molecule has 0 saturated carbocycles. The number of hydrogen-bond acceptors (Lipinski definition) is 2. The molecular formula is C20H39ClO3. The summed E-state index contributed by atoms with van der Waals surface area (Å²) in [6, 6.07) is 0. The molecule has 0 saturated heterocycles. The average Bonchev–Trinajstić information content (AvgIpc) is 2.55. The van der Waals surface area contributed by atoms with Crippen LogP contribution in [0.2, 0.25) is 0 Å². The monoisotopic (exact) mass is 362 g/mol. The van der Waals surface area contributed by atoms with E-state index < -0.39 is 12.1 Å². The van der Waals surface area contributed by atoms with Gasteiger partial charge < -0.3 is 10.2 Å². The third-order valence-electron chi connectivity index (χ3n) is 4.64. The Labute approximate surface area is 154 Å². The Bertz CT molecular complexity index is 284. The minimum Gasteiger partial charge on any atom is -0.481 e. The van der Waals surface area contributed by atoms with Gasteiger partial charge in [0.05, 0.1) is 11.5 Å². The van der Waals surface area contributed by atoms with E-state index in [1.807, 2.05) is 0 Å². The molecule has 4 heteroatoms. The predicted octanol–water partition coefficient (Wildman–Crippen LogP) is 6.30. The number of unbranched alkanes of at least 4 members (excludes halogenated alkanes) is 11. The number of hydrogen-bond donors (Lipinski definition) is 2. The fraction of sp³-hybridized carbons (Fsp3) is 0.950. The Hall–Kier alpha value is -0.280. The maximum atomic E-state index is 10.4. The number of alkyl halides is 1. The molecule has 0 aromatic heterocycles. The van der Waals surface area contributed by atoms with Crippen LogP contribution < -0.4 is 0 Å². The second-order valence-corrected chi connectivity index (χ2v) is 7.61. The van der Waals surface area contributed by atoms with Crippen LogP contribution in [0.3, 0.4) is 0 Å². The van der Waals surface area contributed by atoms with E-state index in [-0.39, 0.29) is 11.8 Å². The highest BCUT2D eigenvalue weighted by Crippen LogP contribution is 2.18. The van der Waals surface area contributed by atoms with Crippen LogP contribution in [-0.2, 0) is 4.79 Å². The zero-order chi connectivity index (χ0) is 18.0. The number of rotatable bonds is 18. The fourth-order valence-electron chi connectivity index (χ4n) is 3.02. The van der Waals surface area contributed by atoms with E-state index in [1.165, 1.54) is 70.6 Å². The highest BCUT2D eigenvalue weighted by Gasteiger charge is 2.16. The van der Waals surface area contributed by atoms with Crippen molar-refractivity contribution in [2.24, 2.45) is 0 Å². The van der Waals surface area contributed by atoms with Gasteiger partial charge in [0.1, 0.15) is 0 Å². The number of aliphatic hydroxyl groups excluding tert-OH is 1. The second-order valence-electron chi connectivity index (χ2n) is 7.05. The SMILES string of the molecule is CCCCCCCCCCCCCCC(Cl)C(O)CCCC(=O)O. The van der Waals surface area contributed by atoms with E-state index in [1.54, 1.807) is 0 Å². The summed E-state index contributed by atoms with van der Waals surface area (Å²) in [4.78, 5) is 10.4. The van der Waals surface area contributed by atoms with Crippen molar-refractivity contribution in [3.05, 3.63) is 0 Å². The van der Waals surface area contributed by atoms with Gasteiger partial charge >= 0.3 is 5.97 Å². The molecule has 0 rings (SSSR count). The molecule has 3 nitrogen and oxygen atoms in total. The van der Waals surface area contributed by atoms with Gasteiger partial charge in [0.15, 0.2) is 0 Å². The summed E-state index contributed by atoms with van der Waals surface area (Å²) in [5.74, 6) is -0.811. The average molecular weight is 363 g/mol. The zero-order valence-electron chi connectivity index (χ0n) is 15.6. The van der Waals surface area contributed by atoms with E-state index in [0.717, 1.165) is 12.8 Å². The molecule has 0 aliphatic heterocycles. The van der Waals surface area contributed by atoms with Gasteiger partial charge in [-0.2, -0.15) is 0 Å². The lowest BCUT2D eigenvalue weighted by atomic mass is 10.0. The normalized spacial score (nSPS) is 13.8. The third kappa shape index (κ3) is 16.6. The highest BCUT2D eigenvalue weighted by atomic mass is 35.5. The fourth-order valence-corrected chi connectivity index (χ4v) is 3.30. The number of aliphatic carboxylic acids is 1. The molecule has 0 aromatic rings. The third-order valence-corrected chi connectivity index (χ3v) is 5.15. The van der Waals surface area contributed by atoms with E-state index in [9.17, 15) is 9.90 Å². The Balaban J connectivity index is 3.29. The maximum Gasteiger partial charge on any atom is 0.303 e. The van der Waals surface area contributed by atoms with Crippen molar-refractivity contribution < 1.29 is 15.0 Å². The minimum atomic E-state index is -0.811. The van der Waals surface area contributed by atoms with Gasteiger partial charge in [-0.25, -0.2) is 0 Å². The lowest BCUT2D eigenvalue weighted by Crippen LogP contribution is -2.21. The lowest BCUT2D eigenvalue weighted by Gasteiger charge is -2.16. The quantitative estimate of drug-likeness (QED) is 0.222. The molecule has 2 atom stereocenters.